The number of aliphatic carboxylic acids is 1. The number of carboxylic acids is 1. The fourth-order valence-electron chi connectivity index (χ4n) is 4.30. The molecule has 17 heteroatoms. The Morgan fingerprint density at radius 1 is 0.826 bits per heavy atom. The van der Waals surface area contributed by atoms with Crippen molar-refractivity contribution in [3.63, 3.8) is 0 Å². The van der Waals surface area contributed by atoms with Crippen LogP contribution in [0.3, 0.4) is 0 Å². The number of fused-ring (bicyclic) bond motifs is 1. The smallest absolute Gasteiger partial charge is 0.744 e. The summed E-state index contributed by atoms with van der Waals surface area (Å²) in [6.45, 7) is 0. The van der Waals surface area contributed by atoms with Gasteiger partial charge in [-0.2, -0.15) is 5.10 Å². The van der Waals surface area contributed by atoms with Crippen LogP contribution in [0, 0.1) is 5.41 Å². The number of benzene rings is 2. The molecule has 0 bridgehead atoms. The summed E-state index contributed by atoms with van der Waals surface area (Å²) < 4.78 is 34.2. The minimum Gasteiger partial charge on any atom is -0.744 e. The van der Waals surface area contributed by atoms with Crippen molar-refractivity contribution in [3.05, 3.63) is 116 Å². The van der Waals surface area contributed by atoms with Crippen LogP contribution in [0.2, 0.25) is 10.0 Å². The van der Waals surface area contributed by atoms with Crippen molar-refractivity contribution in [2.24, 2.45) is 5.10 Å². The first-order valence-electron chi connectivity index (χ1n) is 12.4. The van der Waals surface area contributed by atoms with E-state index >= 15 is 0 Å². The van der Waals surface area contributed by atoms with Crippen LogP contribution >= 0.6 is 23.2 Å². The Bertz CT molecular complexity index is 2030. The molecule has 12 nitrogen and oxygen atoms in total. The van der Waals surface area contributed by atoms with E-state index in [-0.39, 0.29) is 87.4 Å². The van der Waals surface area contributed by atoms with E-state index in [2.05, 4.69) is 21.4 Å². The first kappa shape index (κ1) is 37.4. The number of carboxylic acid groups (broad SMARTS) is 1. The van der Waals surface area contributed by atoms with Gasteiger partial charge in [-0.1, -0.05) is 41.4 Å². The predicted octanol–water partition coefficient (Wildman–Crippen LogP) is -3.05. The minimum atomic E-state index is -4.85. The molecule has 2 aromatic carbocycles. The molecule has 0 saturated carbocycles. The molecule has 222 valence electrons. The molecule has 0 spiro atoms. The van der Waals surface area contributed by atoms with Gasteiger partial charge in [-0.15, -0.1) is 0 Å². The van der Waals surface area contributed by atoms with E-state index in [4.69, 9.17) is 28.6 Å². The second kappa shape index (κ2) is 15.2. The molecule has 2 aromatic rings. The van der Waals surface area contributed by atoms with Crippen LogP contribution in [0.25, 0.3) is 11.1 Å². The van der Waals surface area contributed by atoms with E-state index in [1.165, 1.54) is 18.2 Å². The molecule has 0 radical (unpaired) electrons. The van der Waals surface area contributed by atoms with Gasteiger partial charge in [0.05, 0.1) is 55.0 Å². The first-order chi connectivity index (χ1) is 20.8. The van der Waals surface area contributed by atoms with Gasteiger partial charge in [0.1, 0.15) is 10.1 Å². The number of hydrazine groups is 1. The molecule has 46 heavy (non-hydrogen) atoms. The molecule has 0 amide bonds. The van der Waals surface area contributed by atoms with Crippen LogP contribution in [-0.4, -0.2) is 41.9 Å². The third-order valence-corrected chi connectivity index (χ3v) is 7.84. The Balaban J connectivity index is 0.00000288. The first-order valence-corrected chi connectivity index (χ1v) is 14.5. The van der Waals surface area contributed by atoms with Gasteiger partial charge in [0.25, 0.3) is 0 Å². The number of anilines is 2. The van der Waals surface area contributed by atoms with Crippen molar-refractivity contribution in [3.8, 4) is 11.1 Å². The van der Waals surface area contributed by atoms with Crippen molar-refractivity contribution in [2.75, 3.05) is 10.9 Å². The topological polar surface area (TPSA) is 204 Å². The summed E-state index contributed by atoms with van der Waals surface area (Å²) in [6, 6.07) is 9.85. The molecular formula is C29H17Cl2N5Na2O7S. The van der Waals surface area contributed by atoms with Crippen molar-refractivity contribution < 1.29 is 91.6 Å². The van der Waals surface area contributed by atoms with Gasteiger partial charge in [0.15, 0.2) is 11.6 Å². The van der Waals surface area contributed by atoms with E-state index in [0.717, 1.165) is 24.3 Å². The molecular weight excluding hydrogens is 679 g/mol. The van der Waals surface area contributed by atoms with Crippen molar-refractivity contribution in [2.45, 2.75) is 0 Å². The maximum absolute atomic E-state index is 12.7. The minimum absolute atomic E-state index is 0. The molecule has 0 heterocycles. The Hall–Kier alpha value is -3.08. The van der Waals surface area contributed by atoms with Crippen LogP contribution < -0.4 is 80.5 Å². The SMILES string of the molecule is N=C1C=CC2=CC(S(=O)(=O)[O-])=CC(=O)C2=C1NNc1ccc(-c2ccc(N/N=C3/C=CC(=O)C(C(=O)[O-])=C3)cc2Cl)c(Cl)c1.[Na+].[Na+]. The monoisotopic (exact) mass is 695 g/mol. The molecule has 3 aliphatic carbocycles. The second-order valence-corrected chi connectivity index (χ2v) is 11.5. The number of halogens is 2. The van der Waals surface area contributed by atoms with Crippen LogP contribution in [0.1, 0.15) is 0 Å². The number of hydrogen-bond donors (Lipinski definition) is 4. The third kappa shape index (κ3) is 8.25. The number of allylic oxidation sites excluding steroid dienone is 9. The molecule has 0 saturated heterocycles. The molecule has 5 rings (SSSR count). The zero-order valence-electron chi connectivity index (χ0n) is 24.0. The predicted molar refractivity (Wildman–Crippen MR) is 162 cm³/mol. The largest absolute Gasteiger partial charge is 1.00 e. The molecule has 3 aliphatic rings. The number of hydrogen-bond acceptors (Lipinski definition) is 12. The summed E-state index contributed by atoms with van der Waals surface area (Å²) in [7, 11) is -4.85. The van der Waals surface area contributed by atoms with Gasteiger partial charge in [0, 0.05) is 22.8 Å². The van der Waals surface area contributed by atoms with Gasteiger partial charge in [-0.05, 0) is 60.2 Å². The summed E-state index contributed by atoms with van der Waals surface area (Å²) in [4.78, 5) is 34.7. The Morgan fingerprint density at radius 2 is 1.46 bits per heavy atom. The molecule has 4 N–H and O–H groups in total. The number of nitrogens with zero attached hydrogens (tertiary/aromatic N) is 1. The van der Waals surface area contributed by atoms with E-state index < -0.39 is 38.1 Å². The van der Waals surface area contributed by atoms with Crippen molar-refractivity contribution in [1.82, 2.24) is 5.43 Å². The summed E-state index contributed by atoms with van der Waals surface area (Å²) >= 11 is 13.1. The van der Waals surface area contributed by atoms with Crippen LogP contribution in [0.15, 0.2) is 111 Å². The number of carbonyl (C=O) groups is 3. The van der Waals surface area contributed by atoms with E-state index in [9.17, 15) is 32.5 Å². The molecule has 0 atom stereocenters. The number of carbonyl (C=O) groups excluding carboxylic acids is 3. The number of hydrazone groups is 1. The van der Waals surface area contributed by atoms with Crippen LogP contribution in [0.4, 0.5) is 11.4 Å². The average molecular weight is 696 g/mol. The van der Waals surface area contributed by atoms with E-state index in [1.54, 1.807) is 36.4 Å². The molecule has 0 aliphatic heterocycles. The van der Waals surface area contributed by atoms with Gasteiger partial charge < -0.3 is 19.9 Å². The number of ketones is 2. The fourth-order valence-corrected chi connectivity index (χ4v) is 5.39. The number of rotatable bonds is 8. The molecule has 0 fully saturated rings. The quantitative estimate of drug-likeness (QED) is 0.0722. The van der Waals surface area contributed by atoms with Gasteiger partial charge >= 0.3 is 59.1 Å². The average Bonchev–Trinajstić information content (AvgIpc) is 2.96. The maximum atomic E-state index is 12.7. The van der Waals surface area contributed by atoms with Crippen LogP contribution in [-0.2, 0) is 24.5 Å². The Labute approximate surface area is 316 Å². The normalized spacial score (nSPS) is 16.5. The summed E-state index contributed by atoms with van der Waals surface area (Å²) in [5, 5.41) is 24.0. The standard InChI is InChI=1S/C29H19Cl2N5O7S.2Na/c30-22-11-16(34-33-15-4-8-25(37)21(10-15)29(39)40)2-5-19(22)20-6-3-17(12-23(20)31)35-36-28-24(32)7-1-14-9-18(44(41,42)43)13-26(38)27(14)28;;/h1-13,32,34-36H,(H,39,40)(H,41,42,43);;/q;2*+1/p-2/b32-24?,33-15-;;. The summed E-state index contributed by atoms with van der Waals surface area (Å²) in [6.07, 6.45) is 8.04. The molecule has 0 unspecified atom stereocenters. The molecule has 0 aromatic heterocycles. The van der Waals surface area contributed by atoms with Crippen molar-refractivity contribution >= 4 is 73.7 Å². The third-order valence-electron chi connectivity index (χ3n) is 6.40. The maximum Gasteiger partial charge on any atom is 1.00 e. The van der Waals surface area contributed by atoms with Gasteiger partial charge in [-0.3, -0.25) is 25.8 Å². The zero-order valence-corrected chi connectivity index (χ0v) is 30.3. The number of nitrogens with one attached hydrogen (secondary N) is 4. The second-order valence-electron chi connectivity index (χ2n) is 9.29. The van der Waals surface area contributed by atoms with E-state index in [1.807, 2.05) is 0 Å². The summed E-state index contributed by atoms with van der Waals surface area (Å²) in [5.74, 6) is -3.03. The Morgan fingerprint density at radius 3 is 2.07 bits per heavy atom. The Kier molecular flexibility index (Phi) is 12.4. The van der Waals surface area contributed by atoms with Gasteiger partial charge in [-0.25, -0.2) is 8.42 Å². The fraction of sp³-hybridized carbons (Fsp3) is 0. The summed E-state index contributed by atoms with van der Waals surface area (Å²) in [5.41, 5.74) is 10.4. The van der Waals surface area contributed by atoms with E-state index in [0.29, 0.717) is 32.5 Å². The van der Waals surface area contributed by atoms with Crippen LogP contribution in [0.5, 0.6) is 0 Å². The van der Waals surface area contributed by atoms with Crippen molar-refractivity contribution in [1.29, 1.82) is 5.41 Å². The zero-order chi connectivity index (χ0) is 31.8. The van der Waals surface area contributed by atoms with Gasteiger partial charge in [0.2, 0.25) is 0 Å².